The highest BCUT2D eigenvalue weighted by molar-refractivity contribution is 5.75. The van der Waals surface area contributed by atoms with Crippen molar-refractivity contribution in [3.8, 4) is 11.3 Å². The number of benzene rings is 1. The number of hydrogen-bond acceptors (Lipinski definition) is 3. The Morgan fingerprint density at radius 3 is 2.76 bits per heavy atom. The summed E-state index contributed by atoms with van der Waals surface area (Å²) in [6.07, 6.45) is 9.89. The number of hydrogen-bond donors (Lipinski definition) is 1. The molecule has 128 valence electrons. The van der Waals surface area contributed by atoms with E-state index in [2.05, 4.69) is 22.5 Å². The van der Waals surface area contributed by atoms with E-state index in [1.807, 2.05) is 30.3 Å². The molecule has 5 heteroatoms. The molecule has 1 amide bonds. The van der Waals surface area contributed by atoms with Crippen LogP contribution in [0.1, 0.15) is 12.8 Å². The molecular formula is C20H21N3O2. The van der Waals surface area contributed by atoms with Gasteiger partial charge in [0, 0.05) is 18.3 Å². The number of allylic oxidation sites excluding steroid dienone is 2. The zero-order chi connectivity index (χ0) is 17.2. The summed E-state index contributed by atoms with van der Waals surface area (Å²) in [5, 5.41) is 2.99. The van der Waals surface area contributed by atoms with Crippen molar-refractivity contribution in [1.29, 1.82) is 0 Å². The molecule has 25 heavy (non-hydrogen) atoms. The number of carbonyl (C=O) groups is 1. The quantitative estimate of drug-likeness (QED) is 0.852. The molecular weight excluding hydrogens is 314 g/mol. The van der Waals surface area contributed by atoms with Crippen molar-refractivity contribution >= 4 is 5.91 Å². The zero-order valence-corrected chi connectivity index (χ0v) is 14.0. The van der Waals surface area contributed by atoms with Crippen molar-refractivity contribution in [1.82, 2.24) is 14.9 Å². The fraction of sp³-hybridized carbons (Fsp3) is 0.350. The van der Waals surface area contributed by atoms with Gasteiger partial charge in [-0.1, -0.05) is 42.5 Å². The molecule has 3 atom stereocenters. The normalized spacial score (nSPS) is 23.8. The van der Waals surface area contributed by atoms with E-state index in [1.54, 1.807) is 6.20 Å². The van der Waals surface area contributed by atoms with Gasteiger partial charge in [-0.2, -0.15) is 0 Å². The van der Waals surface area contributed by atoms with Gasteiger partial charge in [0.2, 0.25) is 5.91 Å². The Morgan fingerprint density at radius 2 is 2.04 bits per heavy atom. The summed E-state index contributed by atoms with van der Waals surface area (Å²) in [5.41, 5.74) is 1.34. The lowest BCUT2D eigenvalue weighted by Gasteiger charge is -2.18. The number of fused-ring (bicyclic) bond motifs is 2. The Morgan fingerprint density at radius 1 is 1.20 bits per heavy atom. The monoisotopic (exact) mass is 335 g/mol. The number of aromatic nitrogens is 2. The van der Waals surface area contributed by atoms with Crippen LogP contribution in [0.25, 0.3) is 11.3 Å². The minimum atomic E-state index is -0.266. The standard InChI is InChI=1S/C20H21N3O2/c24-19(22-10-17-9-14-6-7-16(17)8-14)13-23-12-18(21-11-20(23)25)15-4-2-1-3-5-15/h1-7,11-12,14,16-17H,8-10,13H2,(H,22,24)/t14-,16+,17-/m1/s1. The van der Waals surface area contributed by atoms with Crippen LogP contribution in [0.3, 0.4) is 0 Å². The molecule has 1 fully saturated rings. The van der Waals surface area contributed by atoms with Crippen LogP contribution in [0.15, 0.2) is 59.7 Å². The van der Waals surface area contributed by atoms with E-state index in [9.17, 15) is 9.59 Å². The third kappa shape index (κ3) is 3.40. The molecule has 0 spiro atoms. The van der Waals surface area contributed by atoms with Crippen LogP contribution in [0.4, 0.5) is 0 Å². The average Bonchev–Trinajstić information content (AvgIpc) is 3.26. The summed E-state index contributed by atoms with van der Waals surface area (Å²) in [6, 6.07) is 9.63. The Bertz CT molecular complexity index is 857. The van der Waals surface area contributed by atoms with Gasteiger partial charge in [-0.25, -0.2) is 4.98 Å². The van der Waals surface area contributed by atoms with Crippen molar-refractivity contribution in [3.05, 3.63) is 65.2 Å². The van der Waals surface area contributed by atoms with Crippen LogP contribution in [0, 0.1) is 17.8 Å². The van der Waals surface area contributed by atoms with Crippen LogP contribution >= 0.6 is 0 Å². The first-order valence-corrected chi connectivity index (χ1v) is 8.76. The lowest BCUT2D eigenvalue weighted by atomic mass is 9.94. The summed E-state index contributed by atoms with van der Waals surface area (Å²) in [4.78, 5) is 28.5. The molecule has 0 aliphatic heterocycles. The van der Waals surface area contributed by atoms with Gasteiger partial charge in [-0.15, -0.1) is 0 Å². The first kappa shape index (κ1) is 15.8. The van der Waals surface area contributed by atoms with Crippen molar-refractivity contribution in [2.24, 2.45) is 17.8 Å². The summed E-state index contributed by atoms with van der Waals surface area (Å²) in [5.74, 6) is 1.72. The van der Waals surface area contributed by atoms with Crippen LogP contribution in [-0.2, 0) is 11.3 Å². The highest BCUT2D eigenvalue weighted by atomic mass is 16.2. The summed E-state index contributed by atoms with van der Waals surface area (Å²) < 4.78 is 1.42. The van der Waals surface area contributed by atoms with E-state index in [1.165, 1.54) is 17.2 Å². The first-order valence-electron chi connectivity index (χ1n) is 8.76. The molecule has 2 aromatic rings. The molecule has 1 aromatic heterocycles. The number of rotatable bonds is 5. The molecule has 1 heterocycles. The van der Waals surface area contributed by atoms with E-state index in [0.717, 1.165) is 12.0 Å². The van der Waals surface area contributed by atoms with Gasteiger partial charge < -0.3 is 9.88 Å². The van der Waals surface area contributed by atoms with Gasteiger partial charge in [0.25, 0.3) is 5.56 Å². The van der Waals surface area contributed by atoms with Crippen molar-refractivity contribution in [2.45, 2.75) is 19.4 Å². The number of amides is 1. The molecule has 1 aromatic carbocycles. The minimum Gasteiger partial charge on any atom is -0.354 e. The van der Waals surface area contributed by atoms with Crippen molar-refractivity contribution in [3.63, 3.8) is 0 Å². The second-order valence-electron chi connectivity index (χ2n) is 6.95. The molecule has 2 aliphatic carbocycles. The third-order valence-electron chi connectivity index (χ3n) is 5.24. The highest BCUT2D eigenvalue weighted by Gasteiger charge is 2.35. The van der Waals surface area contributed by atoms with Gasteiger partial charge in [0.1, 0.15) is 6.54 Å². The van der Waals surface area contributed by atoms with Gasteiger partial charge in [0.05, 0.1) is 11.9 Å². The molecule has 2 aliphatic rings. The van der Waals surface area contributed by atoms with Crippen LogP contribution < -0.4 is 10.9 Å². The Kier molecular flexibility index (Phi) is 4.22. The molecule has 2 bridgehead atoms. The molecule has 5 nitrogen and oxygen atoms in total. The fourth-order valence-electron chi connectivity index (χ4n) is 3.91. The van der Waals surface area contributed by atoms with E-state index in [0.29, 0.717) is 30.0 Å². The van der Waals surface area contributed by atoms with Gasteiger partial charge >= 0.3 is 0 Å². The summed E-state index contributed by atoms with van der Waals surface area (Å²) >= 11 is 0. The number of nitrogens with one attached hydrogen (secondary N) is 1. The maximum atomic E-state index is 12.3. The van der Waals surface area contributed by atoms with Crippen molar-refractivity contribution in [2.75, 3.05) is 6.54 Å². The first-order chi connectivity index (χ1) is 12.2. The molecule has 1 N–H and O–H groups in total. The average molecular weight is 335 g/mol. The molecule has 0 saturated heterocycles. The maximum absolute atomic E-state index is 12.3. The number of carbonyl (C=O) groups excluding carboxylic acids is 1. The maximum Gasteiger partial charge on any atom is 0.269 e. The Hall–Kier alpha value is -2.69. The highest BCUT2D eigenvalue weighted by Crippen LogP contribution is 2.42. The fourth-order valence-corrected chi connectivity index (χ4v) is 3.91. The van der Waals surface area contributed by atoms with Crippen molar-refractivity contribution < 1.29 is 4.79 Å². The summed E-state index contributed by atoms with van der Waals surface area (Å²) in [7, 11) is 0. The minimum absolute atomic E-state index is 0.0256. The third-order valence-corrected chi connectivity index (χ3v) is 5.24. The van der Waals surface area contributed by atoms with Gasteiger partial charge in [-0.05, 0) is 30.6 Å². The smallest absolute Gasteiger partial charge is 0.269 e. The Labute approximate surface area is 146 Å². The van der Waals surface area contributed by atoms with Crippen LogP contribution in [0.5, 0.6) is 0 Å². The molecule has 1 saturated carbocycles. The predicted molar refractivity (Wildman–Crippen MR) is 95.8 cm³/mol. The van der Waals surface area contributed by atoms with Gasteiger partial charge in [0.15, 0.2) is 0 Å². The zero-order valence-electron chi connectivity index (χ0n) is 14.0. The second-order valence-corrected chi connectivity index (χ2v) is 6.95. The second kappa shape index (κ2) is 6.67. The van der Waals surface area contributed by atoms with Crippen LogP contribution in [0.2, 0.25) is 0 Å². The molecule has 0 unspecified atom stereocenters. The number of nitrogens with zero attached hydrogens (tertiary/aromatic N) is 2. The lowest BCUT2D eigenvalue weighted by Crippen LogP contribution is -2.35. The summed E-state index contributed by atoms with van der Waals surface area (Å²) in [6.45, 7) is 0.716. The largest absolute Gasteiger partial charge is 0.354 e. The molecule has 0 radical (unpaired) electrons. The SMILES string of the molecule is O=C(Cn1cc(-c2ccccc2)ncc1=O)NC[C@H]1C[C@@H]2C=C[C@H]1C2. The molecule has 4 rings (SSSR count). The predicted octanol–water partition coefficient (Wildman–Crippen LogP) is 2.24. The van der Waals surface area contributed by atoms with E-state index >= 15 is 0 Å². The van der Waals surface area contributed by atoms with E-state index < -0.39 is 0 Å². The van der Waals surface area contributed by atoms with Crippen LogP contribution in [-0.4, -0.2) is 22.0 Å². The lowest BCUT2D eigenvalue weighted by molar-refractivity contribution is -0.121. The van der Waals surface area contributed by atoms with E-state index in [-0.39, 0.29) is 18.0 Å². The Balaban J connectivity index is 1.40. The topological polar surface area (TPSA) is 64.0 Å². The van der Waals surface area contributed by atoms with Gasteiger partial charge in [-0.3, -0.25) is 9.59 Å². The van der Waals surface area contributed by atoms with E-state index in [4.69, 9.17) is 0 Å².